The van der Waals surface area contributed by atoms with E-state index in [9.17, 15) is 9.59 Å². The number of benzene rings is 1. The number of nitrogens with one attached hydrogen (secondary N) is 1. The van der Waals surface area contributed by atoms with Gasteiger partial charge in [0.25, 0.3) is 0 Å². The second-order valence-electron chi connectivity index (χ2n) is 9.45. The molecule has 33 heavy (non-hydrogen) atoms. The van der Waals surface area contributed by atoms with E-state index in [0.717, 1.165) is 41.8 Å². The van der Waals surface area contributed by atoms with Gasteiger partial charge in [-0.05, 0) is 77.3 Å². The van der Waals surface area contributed by atoms with Gasteiger partial charge in [-0.2, -0.15) is 0 Å². The van der Waals surface area contributed by atoms with E-state index < -0.39 is 5.60 Å². The number of fused-ring (bicyclic) bond motifs is 2. The summed E-state index contributed by atoms with van der Waals surface area (Å²) in [6.45, 7) is 15.3. The SMILES string of the molecule is C=CC(=O)Nc1sc2c(c1-c1nc3cc(C)ccc3s1)CC(C)N(C(=O)OC(C)(C)C)C2C. The van der Waals surface area contributed by atoms with Crippen molar-refractivity contribution in [2.75, 3.05) is 5.32 Å². The Hall–Kier alpha value is -2.71. The standard InChI is InChI=1S/C25H29N3O3S2/c1-8-19(29)27-23-20(22-26-17-11-13(2)9-10-18(17)32-22)16-12-14(3)28(15(4)21(16)33-23)24(30)31-25(5,6)7/h8-11,14-15H,1,12H2,2-7H3,(H,27,29). The zero-order chi connectivity index (χ0) is 24.1. The molecule has 1 aliphatic heterocycles. The van der Waals surface area contributed by atoms with Gasteiger partial charge in [-0.3, -0.25) is 9.69 Å². The number of nitrogens with zero attached hydrogens (tertiary/aromatic N) is 2. The zero-order valence-corrected chi connectivity index (χ0v) is 21.4. The summed E-state index contributed by atoms with van der Waals surface area (Å²) in [7, 11) is 0. The average molecular weight is 484 g/mol. The second-order valence-corrected chi connectivity index (χ2v) is 11.5. The number of hydrogen-bond donors (Lipinski definition) is 1. The molecular weight excluding hydrogens is 454 g/mol. The van der Waals surface area contributed by atoms with Crippen LogP contribution in [0, 0.1) is 6.92 Å². The molecule has 1 aromatic carbocycles. The number of hydrogen-bond acceptors (Lipinski definition) is 6. The topological polar surface area (TPSA) is 71.5 Å². The molecule has 4 rings (SSSR count). The first-order valence-corrected chi connectivity index (χ1v) is 12.6. The summed E-state index contributed by atoms with van der Waals surface area (Å²) < 4.78 is 6.79. The third-order valence-corrected chi connectivity index (χ3v) is 7.96. The summed E-state index contributed by atoms with van der Waals surface area (Å²) in [6, 6.07) is 5.99. The number of amides is 2. The van der Waals surface area contributed by atoms with Crippen molar-refractivity contribution in [2.45, 2.75) is 65.6 Å². The summed E-state index contributed by atoms with van der Waals surface area (Å²) >= 11 is 3.12. The second kappa shape index (κ2) is 8.57. The van der Waals surface area contributed by atoms with Crippen LogP contribution in [0.15, 0.2) is 30.9 Å². The number of ether oxygens (including phenoxy) is 1. The van der Waals surface area contributed by atoms with Gasteiger partial charge >= 0.3 is 6.09 Å². The van der Waals surface area contributed by atoms with Crippen LogP contribution in [-0.4, -0.2) is 33.5 Å². The number of thiazole rings is 1. The molecule has 2 atom stereocenters. The van der Waals surface area contributed by atoms with Crippen molar-refractivity contribution in [3.8, 4) is 10.6 Å². The molecule has 0 fully saturated rings. The molecule has 0 spiro atoms. The first-order chi connectivity index (χ1) is 15.5. The number of anilines is 1. The van der Waals surface area contributed by atoms with Crippen LogP contribution in [0.5, 0.6) is 0 Å². The van der Waals surface area contributed by atoms with Crippen LogP contribution in [0.1, 0.15) is 56.7 Å². The van der Waals surface area contributed by atoms with Crippen molar-refractivity contribution < 1.29 is 14.3 Å². The molecule has 6 nitrogen and oxygen atoms in total. The molecule has 0 saturated heterocycles. The molecule has 3 heterocycles. The van der Waals surface area contributed by atoms with Crippen LogP contribution in [0.3, 0.4) is 0 Å². The molecule has 3 aromatic rings. The molecule has 8 heteroatoms. The highest BCUT2D eigenvalue weighted by Gasteiger charge is 2.39. The summed E-state index contributed by atoms with van der Waals surface area (Å²) in [4.78, 5) is 33.0. The number of thiophene rings is 1. The van der Waals surface area contributed by atoms with E-state index in [1.54, 1.807) is 16.2 Å². The minimum Gasteiger partial charge on any atom is -0.444 e. The first-order valence-electron chi connectivity index (χ1n) is 11.0. The van der Waals surface area contributed by atoms with Crippen LogP contribution < -0.4 is 5.32 Å². The van der Waals surface area contributed by atoms with Crippen molar-refractivity contribution in [1.82, 2.24) is 9.88 Å². The van der Waals surface area contributed by atoms with Crippen LogP contribution in [0.25, 0.3) is 20.8 Å². The number of rotatable bonds is 3. The van der Waals surface area contributed by atoms with Gasteiger partial charge in [0.05, 0.1) is 16.3 Å². The number of carbonyl (C=O) groups excluding carboxylic acids is 2. The van der Waals surface area contributed by atoms with E-state index in [1.807, 2.05) is 34.6 Å². The summed E-state index contributed by atoms with van der Waals surface area (Å²) in [6.07, 6.45) is 1.60. The Bertz CT molecular complexity index is 1250. The maximum Gasteiger partial charge on any atom is 0.411 e. The lowest BCUT2D eigenvalue weighted by Crippen LogP contribution is -2.46. The van der Waals surface area contributed by atoms with Gasteiger partial charge in [0.2, 0.25) is 5.91 Å². The lowest BCUT2D eigenvalue weighted by atomic mass is 9.93. The van der Waals surface area contributed by atoms with E-state index in [-0.39, 0.29) is 24.1 Å². The van der Waals surface area contributed by atoms with Crippen molar-refractivity contribution in [3.05, 3.63) is 46.9 Å². The predicted octanol–water partition coefficient (Wildman–Crippen LogP) is 6.70. The Morgan fingerprint density at radius 2 is 2.00 bits per heavy atom. The highest BCUT2D eigenvalue weighted by molar-refractivity contribution is 7.23. The normalized spacial score (nSPS) is 18.2. The van der Waals surface area contributed by atoms with Gasteiger partial charge in [0.1, 0.15) is 15.6 Å². The molecule has 2 aromatic heterocycles. The third-order valence-electron chi connectivity index (χ3n) is 5.59. The molecule has 0 saturated carbocycles. The van der Waals surface area contributed by atoms with Gasteiger partial charge in [0, 0.05) is 16.5 Å². The smallest absolute Gasteiger partial charge is 0.411 e. The molecule has 2 amide bonds. The fraction of sp³-hybridized carbons (Fsp3) is 0.400. The van der Waals surface area contributed by atoms with Crippen molar-refractivity contribution in [2.24, 2.45) is 0 Å². The van der Waals surface area contributed by atoms with Crippen LogP contribution >= 0.6 is 22.7 Å². The Balaban J connectivity index is 1.83. The highest BCUT2D eigenvalue weighted by Crippen LogP contribution is 2.50. The van der Waals surface area contributed by atoms with E-state index >= 15 is 0 Å². The third kappa shape index (κ3) is 4.54. The van der Waals surface area contributed by atoms with Gasteiger partial charge in [-0.1, -0.05) is 12.6 Å². The van der Waals surface area contributed by atoms with Gasteiger partial charge in [0.15, 0.2) is 0 Å². The van der Waals surface area contributed by atoms with Crippen molar-refractivity contribution >= 4 is 49.9 Å². The molecule has 2 unspecified atom stereocenters. The average Bonchev–Trinajstić information content (AvgIpc) is 3.26. The first kappa shape index (κ1) is 23.4. The molecule has 0 radical (unpaired) electrons. The lowest BCUT2D eigenvalue weighted by molar-refractivity contribution is -0.111. The fourth-order valence-electron chi connectivity index (χ4n) is 4.20. The number of carbonyl (C=O) groups is 2. The molecule has 1 aliphatic rings. The Morgan fingerprint density at radius 3 is 2.67 bits per heavy atom. The summed E-state index contributed by atoms with van der Waals surface area (Å²) in [5.74, 6) is -0.267. The molecule has 1 N–H and O–H groups in total. The predicted molar refractivity (Wildman–Crippen MR) is 136 cm³/mol. The minimum atomic E-state index is -0.570. The molecule has 0 bridgehead atoms. The molecular formula is C25H29N3O3S2. The van der Waals surface area contributed by atoms with E-state index in [1.165, 1.54) is 17.4 Å². The summed E-state index contributed by atoms with van der Waals surface area (Å²) in [5, 5.41) is 4.60. The van der Waals surface area contributed by atoms with Crippen LogP contribution in [0.4, 0.5) is 9.80 Å². The molecule has 0 aliphatic carbocycles. The quantitative estimate of drug-likeness (QED) is 0.421. The number of aromatic nitrogens is 1. The molecule has 174 valence electrons. The Labute approximate surface area is 202 Å². The maximum absolute atomic E-state index is 13.0. The lowest BCUT2D eigenvalue weighted by Gasteiger charge is -2.39. The van der Waals surface area contributed by atoms with E-state index in [2.05, 4.69) is 37.0 Å². The van der Waals surface area contributed by atoms with Crippen molar-refractivity contribution in [1.29, 1.82) is 0 Å². The Kier molecular flexibility index (Phi) is 6.09. The van der Waals surface area contributed by atoms with Crippen molar-refractivity contribution in [3.63, 3.8) is 0 Å². The highest BCUT2D eigenvalue weighted by atomic mass is 32.1. The maximum atomic E-state index is 13.0. The van der Waals surface area contributed by atoms with Crippen LogP contribution in [-0.2, 0) is 16.0 Å². The summed E-state index contributed by atoms with van der Waals surface area (Å²) in [5.41, 5.74) is 3.62. The number of aryl methyl sites for hydroxylation is 1. The monoisotopic (exact) mass is 483 g/mol. The van der Waals surface area contributed by atoms with Gasteiger partial charge in [-0.15, -0.1) is 22.7 Å². The van der Waals surface area contributed by atoms with Gasteiger partial charge < -0.3 is 10.1 Å². The van der Waals surface area contributed by atoms with E-state index in [0.29, 0.717) is 6.42 Å². The van der Waals surface area contributed by atoms with Crippen LogP contribution in [0.2, 0.25) is 0 Å². The largest absolute Gasteiger partial charge is 0.444 e. The Morgan fingerprint density at radius 1 is 1.27 bits per heavy atom. The van der Waals surface area contributed by atoms with E-state index in [4.69, 9.17) is 9.72 Å². The fourth-order valence-corrected chi connectivity index (χ4v) is 6.57. The minimum absolute atomic E-state index is 0.0599. The van der Waals surface area contributed by atoms with Gasteiger partial charge in [-0.25, -0.2) is 9.78 Å². The zero-order valence-electron chi connectivity index (χ0n) is 19.8.